The predicted molar refractivity (Wildman–Crippen MR) is 77.8 cm³/mol. The Balaban J connectivity index is 2.00. The van der Waals surface area contributed by atoms with E-state index in [-0.39, 0.29) is 0 Å². The molecule has 0 aliphatic heterocycles. The van der Waals surface area contributed by atoms with E-state index in [9.17, 15) is 0 Å². The van der Waals surface area contributed by atoms with Crippen molar-refractivity contribution in [1.29, 1.82) is 0 Å². The number of fused-ring (bicyclic) bond motifs is 1. The zero-order valence-electron chi connectivity index (χ0n) is 9.48. The lowest BCUT2D eigenvalue weighted by Crippen LogP contribution is -1.95. The molecule has 1 aromatic carbocycles. The molecule has 0 atom stereocenters. The van der Waals surface area contributed by atoms with E-state index < -0.39 is 0 Å². The molecule has 0 aliphatic carbocycles. The van der Waals surface area contributed by atoms with Gasteiger partial charge in [-0.2, -0.15) is 0 Å². The number of rotatable bonds is 2. The zero-order chi connectivity index (χ0) is 11.8. The Hall–Kier alpha value is -1.06. The number of benzene rings is 1. The Labute approximate surface area is 113 Å². The molecule has 0 saturated heterocycles. The maximum absolute atomic E-state index is 3.50. The molecule has 0 N–H and O–H groups in total. The van der Waals surface area contributed by atoms with Crippen molar-refractivity contribution in [3.05, 3.63) is 56.8 Å². The molecule has 2 aromatic heterocycles. The molecule has 1 nitrogen and oxygen atoms in total. The van der Waals surface area contributed by atoms with Crippen LogP contribution in [0.2, 0.25) is 0 Å². The topological polar surface area (TPSA) is 4.93 Å². The van der Waals surface area contributed by atoms with Crippen LogP contribution in [0.4, 0.5) is 0 Å². The fourth-order valence-electron chi connectivity index (χ4n) is 2.06. The van der Waals surface area contributed by atoms with Crippen molar-refractivity contribution in [3.63, 3.8) is 0 Å². The van der Waals surface area contributed by atoms with Crippen LogP contribution in [-0.4, -0.2) is 4.57 Å². The zero-order valence-corrected chi connectivity index (χ0v) is 11.9. The highest BCUT2D eigenvalue weighted by atomic mass is 79.9. The van der Waals surface area contributed by atoms with E-state index >= 15 is 0 Å². The molecule has 0 bridgehead atoms. The van der Waals surface area contributed by atoms with Gasteiger partial charge in [0.15, 0.2) is 0 Å². The average molecular weight is 306 g/mol. The van der Waals surface area contributed by atoms with Gasteiger partial charge in [0, 0.05) is 16.6 Å². The molecule has 0 fully saturated rings. The summed E-state index contributed by atoms with van der Waals surface area (Å²) in [6.07, 6.45) is 2.16. The Morgan fingerprint density at radius 1 is 1.18 bits per heavy atom. The van der Waals surface area contributed by atoms with Crippen molar-refractivity contribution in [2.45, 2.75) is 13.5 Å². The molecule has 0 radical (unpaired) electrons. The Kier molecular flexibility index (Phi) is 2.81. The summed E-state index contributed by atoms with van der Waals surface area (Å²) in [5, 5.41) is 1.32. The van der Waals surface area contributed by atoms with Gasteiger partial charge in [0.2, 0.25) is 0 Å². The number of aromatic nitrogens is 1. The van der Waals surface area contributed by atoms with Crippen LogP contribution in [-0.2, 0) is 6.54 Å². The Bertz CT molecular complexity index is 666. The van der Waals surface area contributed by atoms with Crippen LogP contribution in [0.15, 0.2) is 46.4 Å². The second kappa shape index (κ2) is 4.31. The summed E-state index contributed by atoms with van der Waals surface area (Å²) in [5.74, 6) is 0. The average Bonchev–Trinajstić information content (AvgIpc) is 2.86. The first kappa shape index (κ1) is 11.1. The molecule has 3 heteroatoms. The van der Waals surface area contributed by atoms with Gasteiger partial charge in [0.05, 0.1) is 10.3 Å². The smallest absolute Gasteiger partial charge is 0.0702 e. The van der Waals surface area contributed by atoms with Gasteiger partial charge < -0.3 is 4.57 Å². The number of thiophene rings is 1. The third kappa shape index (κ3) is 2.17. The summed E-state index contributed by atoms with van der Waals surface area (Å²) >= 11 is 5.30. The molecule has 86 valence electrons. The number of nitrogens with zero attached hydrogens (tertiary/aromatic N) is 1. The lowest BCUT2D eigenvalue weighted by Gasteiger charge is -2.03. The minimum absolute atomic E-state index is 0.947. The minimum atomic E-state index is 0.947. The quantitative estimate of drug-likeness (QED) is 0.639. The lowest BCUT2D eigenvalue weighted by atomic mass is 10.2. The second-order valence-electron chi connectivity index (χ2n) is 4.21. The second-order valence-corrected chi connectivity index (χ2v) is 6.76. The molecular formula is C14H12BrNS. The van der Waals surface area contributed by atoms with Crippen molar-refractivity contribution in [2.75, 3.05) is 0 Å². The fourth-order valence-corrected chi connectivity index (χ4v) is 3.54. The highest BCUT2D eigenvalue weighted by Gasteiger charge is 2.03. The van der Waals surface area contributed by atoms with E-state index in [2.05, 4.69) is 70.0 Å². The molecule has 0 aliphatic rings. The van der Waals surface area contributed by atoms with Gasteiger partial charge in [0.25, 0.3) is 0 Å². The normalized spacial score (nSPS) is 11.2. The van der Waals surface area contributed by atoms with E-state index in [4.69, 9.17) is 0 Å². The third-order valence-electron chi connectivity index (χ3n) is 2.88. The molecule has 3 rings (SSSR count). The molecule has 0 unspecified atom stereocenters. The molecule has 0 saturated carbocycles. The molecule has 17 heavy (non-hydrogen) atoms. The number of hydrogen-bond donors (Lipinski definition) is 0. The maximum Gasteiger partial charge on any atom is 0.0702 e. The van der Waals surface area contributed by atoms with Crippen LogP contribution in [0, 0.1) is 6.92 Å². The van der Waals surface area contributed by atoms with Crippen LogP contribution in [0.1, 0.15) is 10.4 Å². The van der Waals surface area contributed by atoms with Crippen LogP contribution >= 0.6 is 27.3 Å². The van der Waals surface area contributed by atoms with Gasteiger partial charge in [-0.25, -0.2) is 0 Å². The number of halogens is 1. The highest BCUT2D eigenvalue weighted by Crippen LogP contribution is 2.25. The van der Waals surface area contributed by atoms with E-state index in [1.807, 2.05) is 0 Å². The van der Waals surface area contributed by atoms with E-state index in [0.29, 0.717) is 0 Å². The monoisotopic (exact) mass is 305 g/mol. The minimum Gasteiger partial charge on any atom is -0.342 e. The summed E-state index contributed by atoms with van der Waals surface area (Å²) in [6, 6.07) is 13.1. The van der Waals surface area contributed by atoms with E-state index in [0.717, 1.165) is 6.54 Å². The van der Waals surface area contributed by atoms with Gasteiger partial charge in [-0.1, -0.05) is 11.6 Å². The van der Waals surface area contributed by atoms with Crippen molar-refractivity contribution in [2.24, 2.45) is 0 Å². The summed E-state index contributed by atoms with van der Waals surface area (Å²) in [4.78, 5) is 1.37. The molecular weight excluding hydrogens is 294 g/mol. The van der Waals surface area contributed by atoms with Gasteiger partial charge in [0.1, 0.15) is 0 Å². The Morgan fingerprint density at radius 3 is 2.82 bits per heavy atom. The molecule has 3 aromatic rings. The van der Waals surface area contributed by atoms with Crippen LogP contribution in [0.3, 0.4) is 0 Å². The molecule has 0 spiro atoms. The number of aryl methyl sites for hydroxylation is 1. The summed E-state index contributed by atoms with van der Waals surface area (Å²) in [7, 11) is 0. The van der Waals surface area contributed by atoms with Crippen LogP contribution < -0.4 is 0 Å². The maximum atomic E-state index is 3.50. The molecule has 0 amide bonds. The summed E-state index contributed by atoms with van der Waals surface area (Å²) in [6.45, 7) is 3.08. The van der Waals surface area contributed by atoms with E-state index in [1.54, 1.807) is 11.3 Å². The fraction of sp³-hybridized carbons (Fsp3) is 0.143. The summed E-state index contributed by atoms with van der Waals surface area (Å²) in [5.41, 5.74) is 2.62. The van der Waals surface area contributed by atoms with Crippen LogP contribution in [0.5, 0.6) is 0 Å². The number of hydrogen-bond acceptors (Lipinski definition) is 1. The summed E-state index contributed by atoms with van der Waals surface area (Å²) < 4.78 is 3.49. The van der Waals surface area contributed by atoms with Gasteiger partial charge in [-0.05, 0) is 58.6 Å². The largest absolute Gasteiger partial charge is 0.342 e. The standard InChI is InChI=1S/C14H12BrNS/c1-10-2-4-13-11(8-10)6-7-16(13)9-12-3-5-14(15)17-12/h2-8H,9H2,1H3. The van der Waals surface area contributed by atoms with Gasteiger partial charge in [-0.15, -0.1) is 11.3 Å². The van der Waals surface area contributed by atoms with Crippen molar-refractivity contribution >= 4 is 38.2 Å². The van der Waals surface area contributed by atoms with Crippen molar-refractivity contribution in [1.82, 2.24) is 4.57 Å². The first-order chi connectivity index (χ1) is 8.22. The third-order valence-corrected chi connectivity index (χ3v) is 4.49. The predicted octanol–water partition coefficient (Wildman–Crippen LogP) is 4.82. The molecule has 2 heterocycles. The van der Waals surface area contributed by atoms with Gasteiger partial charge in [-0.3, -0.25) is 0 Å². The van der Waals surface area contributed by atoms with E-state index in [1.165, 1.54) is 25.1 Å². The van der Waals surface area contributed by atoms with Gasteiger partial charge >= 0.3 is 0 Å². The van der Waals surface area contributed by atoms with Crippen LogP contribution in [0.25, 0.3) is 10.9 Å². The first-order valence-electron chi connectivity index (χ1n) is 5.52. The first-order valence-corrected chi connectivity index (χ1v) is 7.13. The van der Waals surface area contributed by atoms with Crippen molar-refractivity contribution in [3.8, 4) is 0 Å². The highest BCUT2D eigenvalue weighted by molar-refractivity contribution is 9.11. The van der Waals surface area contributed by atoms with Crippen molar-refractivity contribution < 1.29 is 0 Å². The Morgan fingerprint density at radius 2 is 2.06 bits per heavy atom. The lowest BCUT2D eigenvalue weighted by molar-refractivity contribution is 0.851. The SMILES string of the molecule is Cc1ccc2c(ccn2Cc2ccc(Br)s2)c1.